The van der Waals surface area contributed by atoms with E-state index in [4.69, 9.17) is 34.0 Å². The Bertz CT molecular complexity index is 260. The van der Waals surface area contributed by atoms with Gasteiger partial charge in [0.25, 0.3) is 0 Å². The molecule has 0 unspecified atom stereocenters. The minimum Gasteiger partial charge on any atom is -0.394 e. The highest BCUT2D eigenvalue weighted by Gasteiger charge is 2.12. The molecule has 0 saturated heterocycles. The molecule has 0 amide bonds. The number of hydrogen-bond donors (Lipinski definition) is 2. The lowest BCUT2D eigenvalue weighted by atomic mass is 10.1. The van der Waals surface area contributed by atoms with E-state index in [-0.39, 0.29) is 6.61 Å². The molecule has 0 fully saturated rings. The van der Waals surface area contributed by atoms with Crippen LogP contribution < -0.4 is 5.73 Å². The SMILES string of the molecule is N[C@H](CO)c1c(Cl)cncc1Cl. The zero-order valence-corrected chi connectivity index (χ0v) is 7.68. The lowest BCUT2D eigenvalue weighted by molar-refractivity contribution is 0.268. The number of aromatic nitrogens is 1. The van der Waals surface area contributed by atoms with Crippen molar-refractivity contribution in [3.05, 3.63) is 28.0 Å². The Kier molecular flexibility index (Phi) is 3.29. The number of nitrogens with two attached hydrogens (primary N) is 1. The largest absolute Gasteiger partial charge is 0.394 e. The molecule has 0 aliphatic heterocycles. The highest BCUT2D eigenvalue weighted by atomic mass is 35.5. The summed E-state index contributed by atoms with van der Waals surface area (Å²) in [5, 5.41) is 9.53. The average molecular weight is 207 g/mol. The van der Waals surface area contributed by atoms with Crippen LogP contribution in [-0.2, 0) is 0 Å². The van der Waals surface area contributed by atoms with E-state index in [9.17, 15) is 0 Å². The minimum absolute atomic E-state index is 0.191. The maximum absolute atomic E-state index is 8.77. The van der Waals surface area contributed by atoms with Crippen LogP contribution in [0, 0.1) is 0 Å². The van der Waals surface area contributed by atoms with Gasteiger partial charge >= 0.3 is 0 Å². The van der Waals surface area contributed by atoms with Crippen molar-refractivity contribution in [1.29, 1.82) is 0 Å². The fourth-order valence-electron chi connectivity index (χ4n) is 0.867. The molecule has 1 rings (SSSR count). The van der Waals surface area contributed by atoms with Crippen LogP contribution in [-0.4, -0.2) is 16.7 Å². The van der Waals surface area contributed by atoms with Crippen molar-refractivity contribution in [2.24, 2.45) is 5.73 Å². The summed E-state index contributed by atoms with van der Waals surface area (Å²) < 4.78 is 0. The van der Waals surface area contributed by atoms with E-state index >= 15 is 0 Å². The molecule has 5 heteroatoms. The first-order valence-electron chi connectivity index (χ1n) is 3.32. The van der Waals surface area contributed by atoms with Crippen LogP contribution in [0.3, 0.4) is 0 Å². The van der Waals surface area contributed by atoms with Gasteiger partial charge in [-0.3, -0.25) is 4.98 Å². The van der Waals surface area contributed by atoms with E-state index in [1.807, 2.05) is 0 Å². The maximum atomic E-state index is 8.77. The summed E-state index contributed by atoms with van der Waals surface area (Å²) in [5.74, 6) is 0. The topological polar surface area (TPSA) is 59.1 Å². The molecule has 1 aromatic heterocycles. The van der Waals surface area contributed by atoms with E-state index in [2.05, 4.69) is 4.98 Å². The van der Waals surface area contributed by atoms with Crippen molar-refractivity contribution < 1.29 is 5.11 Å². The smallest absolute Gasteiger partial charge is 0.0652 e. The quantitative estimate of drug-likeness (QED) is 0.770. The lowest BCUT2D eigenvalue weighted by Gasteiger charge is -2.11. The monoisotopic (exact) mass is 206 g/mol. The van der Waals surface area contributed by atoms with Gasteiger partial charge in [-0.15, -0.1) is 0 Å². The van der Waals surface area contributed by atoms with Gasteiger partial charge in [0.1, 0.15) is 0 Å². The van der Waals surface area contributed by atoms with Gasteiger partial charge in [-0.2, -0.15) is 0 Å². The summed E-state index contributed by atoms with van der Waals surface area (Å²) in [7, 11) is 0. The van der Waals surface area contributed by atoms with Crippen molar-refractivity contribution in [3.8, 4) is 0 Å². The number of hydrogen-bond acceptors (Lipinski definition) is 3. The third-order valence-corrected chi connectivity index (χ3v) is 2.06. The Morgan fingerprint density at radius 2 is 1.92 bits per heavy atom. The van der Waals surface area contributed by atoms with Crippen molar-refractivity contribution in [2.75, 3.05) is 6.61 Å². The zero-order chi connectivity index (χ0) is 9.14. The van der Waals surface area contributed by atoms with Gasteiger partial charge in [-0.1, -0.05) is 23.2 Å². The minimum atomic E-state index is -0.548. The Labute approximate surface area is 80.1 Å². The van der Waals surface area contributed by atoms with Crippen molar-refractivity contribution in [3.63, 3.8) is 0 Å². The van der Waals surface area contributed by atoms with Gasteiger partial charge in [0, 0.05) is 18.0 Å². The van der Waals surface area contributed by atoms with E-state index in [1.54, 1.807) is 0 Å². The molecule has 1 heterocycles. The molecule has 0 saturated carbocycles. The Balaban J connectivity index is 3.12. The molecule has 12 heavy (non-hydrogen) atoms. The molecule has 0 aliphatic rings. The molecule has 3 N–H and O–H groups in total. The summed E-state index contributed by atoms with van der Waals surface area (Å²) in [6.45, 7) is -0.191. The lowest BCUT2D eigenvalue weighted by Crippen LogP contribution is -2.15. The Hall–Kier alpha value is -0.350. The number of halogens is 2. The molecule has 66 valence electrons. The van der Waals surface area contributed by atoms with E-state index in [0.717, 1.165) is 0 Å². The van der Waals surface area contributed by atoms with Gasteiger partial charge in [0.15, 0.2) is 0 Å². The zero-order valence-electron chi connectivity index (χ0n) is 6.17. The van der Waals surface area contributed by atoms with Crippen LogP contribution in [0.4, 0.5) is 0 Å². The van der Waals surface area contributed by atoms with Crippen molar-refractivity contribution >= 4 is 23.2 Å². The number of nitrogens with zero attached hydrogens (tertiary/aromatic N) is 1. The number of pyridine rings is 1. The molecular formula is C7H8Cl2N2O. The number of rotatable bonds is 2. The van der Waals surface area contributed by atoms with Crippen LogP contribution in [0.15, 0.2) is 12.4 Å². The highest BCUT2D eigenvalue weighted by Crippen LogP contribution is 2.27. The van der Waals surface area contributed by atoms with Gasteiger partial charge in [0.2, 0.25) is 0 Å². The molecule has 1 aromatic rings. The van der Waals surface area contributed by atoms with Gasteiger partial charge in [-0.05, 0) is 0 Å². The normalized spacial score (nSPS) is 13.0. The average Bonchev–Trinajstić information content (AvgIpc) is 2.03. The summed E-state index contributed by atoms with van der Waals surface area (Å²) in [6, 6.07) is -0.548. The first kappa shape index (κ1) is 9.74. The first-order chi connectivity index (χ1) is 5.66. The van der Waals surface area contributed by atoms with Gasteiger partial charge in [-0.25, -0.2) is 0 Å². The second-order valence-corrected chi connectivity index (χ2v) is 3.12. The fraction of sp³-hybridized carbons (Fsp3) is 0.286. The number of aliphatic hydroxyl groups is 1. The second-order valence-electron chi connectivity index (χ2n) is 2.31. The molecule has 0 bridgehead atoms. The van der Waals surface area contributed by atoms with E-state index < -0.39 is 6.04 Å². The number of aliphatic hydroxyl groups excluding tert-OH is 1. The standard InChI is InChI=1S/C7H8Cl2N2O/c8-4-1-11-2-5(9)7(4)6(10)3-12/h1-2,6,12H,3,10H2/t6-/m1/s1. The second kappa shape index (κ2) is 4.05. The van der Waals surface area contributed by atoms with Crippen molar-refractivity contribution in [2.45, 2.75) is 6.04 Å². The molecule has 0 spiro atoms. The molecular weight excluding hydrogens is 199 g/mol. The summed E-state index contributed by atoms with van der Waals surface area (Å²) in [6.07, 6.45) is 2.89. The Morgan fingerprint density at radius 3 is 2.33 bits per heavy atom. The summed E-state index contributed by atoms with van der Waals surface area (Å²) >= 11 is 11.5. The molecule has 3 nitrogen and oxygen atoms in total. The molecule has 0 aromatic carbocycles. The molecule has 0 radical (unpaired) electrons. The van der Waals surface area contributed by atoms with Crippen LogP contribution in [0.2, 0.25) is 10.0 Å². The highest BCUT2D eigenvalue weighted by molar-refractivity contribution is 6.35. The third-order valence-electron chi connectivity index (χ3n) is 1.46. The Morgan fingerprint density at radius 1 is 1.42 bits per heavy atom. The predicted octanol–water partition coefficient (Wildman–Crippen LogP) is 1.38. The fourth-order valence-corrected chi connectivity index (χ4v) is 1.51. The van der Waals surface area contributed by atoms with E-state index in [0.29, 0.717) is 15.6 Å². The summed E-state index contributed by atoms with van der Waals surface area (Å²) in [4.78, 5) is 3.76. The maximum Gasteiger partial charge on any atom is 0.0652 e. The van der Waals surface area contributed by atoms with Crippen LogP contribution >= 0.6 is 23.2 Å². The van der Waals surface area contributed by atoms with Gasteiger partial charge in [0.05, 0.1) is 22.7 Å². The van der Waals surface area contributed by atoms with Crippen LogP contribution in [0.5, 0.6) is 0 Å². The molecule has 1 atom stereocenters. The van der Waals surface area contributed by atoms with Gasteiger partial charge < -0.3 is 10.8 Å². The third kappa shape index (κ3) is 1.87. The molecule has 0 aliphatic carbocycles. The van der Waals surface area contributed by atoms with Crippen LogP contribution in [0.1, 0.15) is 11.6 Å². The van der Waals surface area contributed by atoms with Crippen LogP contribution in [0.25, 0.3) is 0 Å². The first-order valence-corrected chi connectivity index (χ1v) is 4.07. The summed E-state index contributed by atoms with van der Waals surface area (Å²) in [5.41, 5.74) is 6.09. The predicted molar refractivity (Wildman–Crippen MR) is 48.3 cm³/mol. The van der Waals surface area contributed by atoms with Crippen molar-refractivity contribution in [1.82, 2.24) is 4.98 Å². The van der Waals surface area contributed by atoms with E-state index in [1.165, 1.54) is 12.4 Å².